The molecule has 2 N–H and O–H groups in total. The van der Waals surface area contributed by atoms with Crippen LogP contribution in [0.25, 0.3) is 0 Å². The van der Waals surface area contributed by atoms with Gasteiger partial charge >= 0.3 is 0 Å². The Morgan fingerprint density at radius 1 is 1.33 bits per heavy atom. The highest BCUT2D eigenvalue weighted by Gasteiger charge is 2.16. The summed E-state index contributed by atoms with van der Waals surface area (Å²) in [5.74, 6) is 1.65. The third-order valence-electron chi connectivity index (χ3n) is 3.90. The zero-order valence-corrected chi connectivity index (χ0v) is 14.6. The van der Waals surface area contributed by atoms with E-state index in [4.69, 9.17) is 16.3 Å². The number of nitrogens with one attached hydrogen (secondary N) is 2. The fraction of sp³-hybridized carbons (Fsp3) is 0.562. The standard InChI is InChI=1S/C16H23ClN6O/c1-2-24-11-15-21-14-4-6-18-5-3-13(14)16(22-15)19-7-8-23-10-12(17)9-20-23/h9-10,18H,2-8,11H2,1H3,(H,19,21,22). The third-order valence-corrected chi connectivity index (χ3v) is 4.09. The van der Waals surface area contributed by atoms with Crippen molar-refractivity contribution in [3.8, 4) is 0 Å². The van der Waals surface area contributed by atoms with Crippen LogP contribution in [-0.2, 0) is 30.7 Å². The molecule has 8 heteroatoms. The van der Waals surface area contributed by atoms with Crippen molar-refractivity contribution in [3.63, 3.8) is 0 Å². The first kappa shape index (κ1) is 17.1. The molecule has 0 bridgehead atoms. The smallest absolute Gasteiger partial charge is 0.156 e. The molecule has 0 spiro atoms. The van der Waals surface area contributed by atoms with Gasteiger partial charge in [0.1, 0.15) is 12.4 Å². The SMILES string of the molecule is CCOCc1nc2c(c(NCCn3cc(Cl)cn3)n1)CCNCC2. The summed E-state index contributed by atoms with van der Waals surface area (Å²) in [5.41, 5.74) is 2.33. The van der Waals surface area contributed by atoms with Crippen LogP contribution in [0.1, 0.15) is 24.0 Å². The predicted octanol–water partition coefficient (Wildman–Crippen LogP) is 1.66. The van der Waals surface area contributed by atoms with Gasteiger partial charge < -0.3 is 15.4 Å². The highest BCUT2D eigenvalue weighted by Crippen LogP contribution is 2.20. The van der Waals surface area contributed by atoms with Gasteiger partial charge in [0, 0.05) is 37.9 Å². The van der Waals surface area contributed by atoms with Crippen LogP contribution in [0.5, 0.6) is 0 Å². The maximum absolute atomic E-state index is 5.89. The second-order valence-electron chi connectivity index (χ2n) is 5.65. The molecule has 24 heavy (non-hydrogen) atoms. The molecular formula is C16H23ClN6O. The van der Waals surface area contributed by atoms with Crippen molar-refractivity contribution in [2.24, 2.45) is 0 Å². The summed E-state index contributed by atoms with van der Waals surface area (Å²) in [5, 5.41) is 11.7. The number of hydrogen-bond donors (Lipinski definition) is 2. The number of fused-ring (bicyclic) bond motifs is 1. The van der Waals surface area contributed by atoms with E-state index in [0.29, 0.717) is 18.2 Å². The lowest BCUT2D eigenvalue weighted by Crippen LogP contribution is -2.17. The Kier molecular flexibility index (Phi) is 6.01. The molecule has 0 aliphatic carbocycles. The Balaban J connectivity index is 1.73. The van der Waals surface area contributed by atoms with Gasteiger partial charge in [-0.25, -0.2) is 9.97 Å². The van der Waals surface area contributed by atoms with E-state index in [1.54, 1.807) is 6.20 Å². The van der Waals surface area contributed by atoms with Gasteiger partial charge in [-0.2, -0.15) is 5.10 Å². The number of nitrogens with zero attached hydrogens (tertiary/aromatic N) is 4. The number of anilines is 1. The van der Waals surface area contributed by atoms with Crippen LogP contribution in [0.2, 0.25) is 5.02 Å². The first-order valence-corrected chi connectivity index (χ1v) is 8.73. The van der Waals surface area contributed by atoms with Crippen LogP contribution in [-0.4, -0.2) is 46.0 Å². The fourth-order valence-electron chi connectivity index (χ4n) is 2.75. The Morgan fingerprint density at radius 2 is 2.21 bits per heavy atom. The lowest BCUT2D eigenvalue weighted by atomic mass is 10.1. The van der Waals surface area contributed by atoms with E-state index >= 15 is 0 Å². The molecule has 3 heterocycles. The van der Waals surface area contributed by atoms with Crippen LogP contribution in [0.4, 0.5) is 5.82 Å². The minimum Gasteiger partial charge on any atom is -0.374 e. The summed E-state index contributed by atoms with van der Waals surface area (Å²) in [6, 6.07) is 0. The molecule has 2 aromatic heterocycles. The highest BCUT2D eigenvalue weighted by molar-refractivity contribution is 6.30. The summed E-state index contributed by atoms with van der Waals surface area (Å²) in [6.45, 7) is 6.43. The van der Waals surface area contributed by atoms with Gasteiger partial charge in [0.05, 0.1) is 23.5 Å². The second-order valence-corrected chi connectivity index (χ2v) is 6.09. The van der Waals surface area contributed by atoms with Crippen molar-refractivity contribution in [3.05, 3.63) is 34.5 Å². The van der Waals surface area contributed by atoms with E-state index in [1.807, 2.05) is 17.8 Å². The third kappa shape index (κ3) is 4.43. The summed E-state index contributed by atoms with van der Waals surface area (Å²) >= 11 is 5.89. The predicted molar refractivity (Wildman–Crippen MR) is 93.4 cm³/mol. The van der Waals surface area contributed by atoms with Gasteiger partial charge in [-0.3, -0.25) is 4.68 Å². The zero-order chi connectivity index (χ0) is 16.8. The van der Waals surface area contributed by atoms with E-state index in [2.05, 4.69) is 25.7 Å². The minimum absolute atomic E-state index is 0.445. The number of ether oxygens (including phenoxy) is 1. The molecule has 1 aliphatic heterocycles. The molecule has 0 amide bonds. The molecule has 130 valence electrons. The van der Waals surface area contributed by atoms with E-state index in [0.717, 1.165) is 56.4 Å². The Hall–Kier alpha value is -1.70. The second kappa shape index (κ2) is 8.41. The van der Waals surface area contributed by atoms with E-state index in [-0.39, 0.29) is 0 Å². The summed E-state index contributed by atoms with van der Waals surface area (Å²) < 4.78 is 7.29. The fourth-order valence-corrected chi connectivity index (χ4v) is 2.91. The maximum Gasteiger partial charge on any atom is 0.156 e. The summed E-state index contributed by atoms with van der Waals surface area (Å²) in [6.07, 6.45) is 5.30. The zero-order valence-electron chi connectivity index (χ0n) is 13.9. The number of aromatic nitrogens is 4. The average Bonchev–Trinajstić information content (AvgIpc) is 2.85. The minimum atomic E-state index is 0.445. The van der Waals surface area contributed by atoms with Gasteiger partial charge in [0.25, 0.3) is 0 Å². The van der Waals surface area contributed by atoms with Crippen molar-refractivity contribution in [2.45, 2.75) is 32.9 Å². The highest BCUT2D eigenvalue weighted by atomic mass is 35.5. The summed E-state index contributed by atoms with van der Waals surface area (Å²) in [7, 11) is 0. The molecule has 0 radical (unpaired) electrons. The van der Waals surface area contributed by atoms with Crippen molar-refractivity contribution < 1.29 is 4.74 Å². The van der Waals surface area contributed by atoms with Gasteiger partial charge in [-0.05, 0) is 19.9 Å². The lowest BCUT2D eigenvalue weighted by molar-refractivity contribution is 0.128. The Bertz CT molecular complexity index is 675. The van der Waals surface area contributed by atoms with Gasteiger partial charge in [0.15, 0.2) is 5.82 Å². The Morgan fingerprint density at radius 3 is 3.00 bits per heavy atom. The molecule has 2 aromatic rings. The topological polar surface area (TPSA) is 76.9 Å². The maximum atomic E-state index is 5.89. The van der Waals surface area contributed by atoms with Crippen molar-refractivity contribution in [2.75, 3.05) is 31.6 Å². The number of rotatable bonds is 7. The summed E-state index contributed by atoms with van der Waals surface area (Å²) in [4.78, 5) is 9.36. The van der Waals surface area contributed by atoms with Crippen LogP contribution in [0, 0.1) is 0 Å². The molecule has 0 fully saturated rings. The first-order valence-electron chi connectivity index (χ1n) is 8.35. The van der Waals surface area contributed by atoms with Crippen molar-refractivity contribution >= 4 is 17.4 Å². The molecule has 0 aromatic carbocycles. The van der Waals surface area contributed by atoms with Gasteiger partial charge in [-0.15, -0.1) is 0 Å². The molecule has 0 atom stereocenters. The Labute approximate surface area is 146 Å². The molecular weight excluding hydrogens is 328 g/mol. The van der Waals surface area contributed by atoms with Crippen LogP contribution in [0.15, 0.2) is 12.4 Å². The molecule has 0 saturated carbocycles. The molecule has 1 aliphatic rings. The van der Waals surface area contributed by atoms with E-state index < -0.39 is 0 Å². The molecule has 7 nitrogen and oxygen atoms in total. The molecule has 0 saturated heterocycles. The quantitative estimate of drug-likeness (QED) is 0.791. The van der Waals surface area contributed by atoms with E-state index in [1.165, 1.54) is 5.56 Å². The van der Waals surface area contributed by atoms with E-state index in [9.17, 15) is 0 Å². The van der Waals surface area contributed by atoms with Gasteiger partial charge in [-0.1, -0.05) is 11.6 Å². The largest absolute Gasteiger partial charge is 0.374 e. The van der Waals surface area contributed by atoms with Crippen LogP contribution >= 0.6 is 11.6 Å². The number of halogens is 1. The first-order chi connectivity index (χ1) is 11.8. The lowest BCUT2D eigenvalue weighted by Gasteiger charge is -2.15. The average molecular weight is 351 g/mol. The van der Waals surface area contributed by atoms with Crippen molar-refractivity contribution in [1.29, 1.82) is 0 Å². The molecule has 0 unspecified atom stereocenters. The number of hydrogen-bond acceptors (Lipinski definition) is 6. The van der Waals surface area contributed by atoms with Gasteiger partial charge in [0.2, 0.25) is 0 Å². The van der Waals surface area contributed by atoms with Crippen LogP contribution < -0.4 is 10.6 Å². The van der Waals surface area contributed by atoms with Crippen molar-refractivity contribution in [1.82, 2.24) is 25.1 Å². The monoisotopic (exact) mass is 350 g/mol. The molecule has 3 rings (SSSR count). The van der Waals surface area contributed by atoms with Crippen LogP contribution in [0.3, 0.4) is 0 Å². The normalized spacial score (nSPS) is 14.2.